The van der Waals surface area contributed by atoms with Crippen LogP contribution in [0.2, 0.25) is 0 Å². The minimum Gasteiger partial charge on any atom is -0.506 e. The summed E-state index contributed by atoms with van der Waals surface area (Å²) in [5.41, 5.74) is 1.68. The third-order valence-corrected chi connectivity index (χ3v) is 3.72. The average molecular weight is 279 g/mol. The van der Waals surface area contributed by atoms with E-state index in [0.29, 0.717) is 19.2 Å². The molecule has 0 aromatic carbocycles. The van der Waals surface area contributed by atoms with Gasteiger partial charge in [-0.2, -0.15) is 0 Å². The second-order valence-corrected chi connectivity index (χ2v) is 5.44. The van der Waals surface area contributed by atoms with Crippen molar-refractivity contribution in [3.05, 3.63) is 23.5 Å². The van der Waals surface area contributed by atoms with Crippen molar-refractivity contribution < 1.29 is 9.84 Å². The van der Waals surface area contributed by atoms with E-state index in [9.17, 15) is 5.11 Å². The van der Waals surface area contributed by atoms with Gasteiger partial charge >= 0.3 is 0 Å². The summed E-state index contributed by atoms with van der Waals surface area (Å²) in [5.74, 6) is 0.275. The number of ether oxygens (including phenoxy) is 1. The van der Waals surface area contributed by atoms with Crippen LogP contribution in [-0.2, 0) is 11.3 Å². The van der Waals surface area contributed by atoms with Gasteiger partial charge in [-0.25, -0.2) is 0 Å². The molecule has 0 bridgehead atoms. The Bertz CT molecular complexity index is 420. The number of hydrogen-bond donors (Lipinski definition) is 2. The van der Waals surface area contributed by atoms with E-state index in [1.54, 1.807) is 13.2 Å². The number of nitrogens with zero attached hydrogens (tertiary/aromatic N) is 2. The highest BCUT2D eigenvalue weighted by Crippen LogP contribution is 2.17. The molecule has 112 valence electrons. The van der Waals surface area contributed by atoms with Gasteiger partial charge in [-0.15, -0.1) is 0 Å². The smallest absolute Gasteiger partial charge is 0.138 e. The molecule has 0 aliphatic carbocycles. The third-order valence-electron chi connectivity index (χ3n) is 3.72. The number of aromatic nitrogens is 1. The first-order valence-electron chi connectivity index (χ1n) is 7.29. The number of aryl methyl sites for hydroxylation is 1. The van der Waals surface area contributed by atoms with Crippen LogP contribution >= 0.6 is 0 Å². The van der Waals surface area contributed by atoms with Crippen molar-refractivity contribution in [2.75, 3.05) is 33.4 Å². The molecule has 0 spiro atoms. The molecule has 1 aliphatic heterocycles. The summed E-state index contributed by atoms with van der Waals surface area (Å²) in [6.45, 7) is 6.23. The maximum Gasteiger partial charge on any atom is 0.138 e. The van der Waals surface area contributed by atoms with E-state index in [1.165, 1.54) is 12.8 Å². The lowest BCUT2D eigenvalue weighted by Crippen LogP contribution is -2.39. The lowest BCUT2D eigenvalue weighted by molar-refractivity contribution is 0.136. The minimum absolute atomic E-state index is 0.275. The monoisotopic (exact) mass is 279 g/mol. The van der Waals surface area contributed by atoms with Gasteiger partial charge in [-0.05, 0) is 38.4 Å². The zero-order valence-corrected chi connectivity index (χ0v) is 12.4. The molecule has 20 heavy (non-hydrogen) atoms. The van der Waals surface area contributed by atoms with Gasteiger partial charge in [0.25, 0.3) is 0 Å². The maximum absolute atomic E-state index is 9.93. The third kappa shape index (κ3) is 4.44. The summed E-state index contributed by atoms with van der Waals surface area (Å²) in [6, 6.07) is 4.09. The van der Waals surface area contributed by atoms with E-state index in [2.05, 4.69) is 15.2 Å². The van der Waals surface area contributed by atoms with Gasteiger partial charge in [0.15, 0.2) is 0 Å². The van der Waals surface area contributed by atoms with Gasteiger partial charge in [-0.3, -0.25) is 9.88 Å². The summed E-state index contributed by atoms with van der Waals surface area (Å²) >= 11 is 0. The molecular weight excluding hydrogens is 254 g/mol. The zero-order valence-electron chi connectivity index (χ0n) is 12.4. The Hall–Kier alpha value is -1.17. The lowest BCUT2D eigenvalue weighted by Gasteiger charge is -2.25. The van der Waals surface area contributed by atoms with E-state index in [-0.39, 0.29) is 5.75 Å². The van der Waals surface area contributed by atoms with Crippen LogP contribution in [0.5, 0.6) is 5.75 Å². The Morgan fingerprint density at radius 2 is 2.35 bits per heavy atom. The van der Waals surface area contributed by atoms with Crippen LogP contribution < -0.4 is 5.32 Å². The Balaban J connectivity index is 1.99. The highest BCUT2D eigenvalue weighted by molar-refractivity contribution is 5.27. The van der Waals surface area contributed by atoms with Crippen molar-refractivity contribution >= 4 is 0 Å². The largest absolute Gasteiger partial charge is 0.506 e. The van der Waals surface area contributed by atoms with Gasteiger partial charge in [0.1, 0.15) is 5.75 Å². The predicted octanol–water partition coefficient (Wildman–Crippen LogP) is 1.30. The van der Waals surface area contributed by atoms with Gasteiger partial charge in [-0.1, -0.05) is 0 Å². The first kappa shape index (κ1) is 15.2. The molecule has 5 heteroatoms. The fourth-order valence-corrected chi connectivity index (χ4v) is 2.61. The van der Waals surface area contributed by atoms with E-state index in [1.807, 2.05) is 13.0 Å². The standard InChI is InChI=1S/C15H25N3O2/c1-12-5-6-15(19)14(17-12)11-18(8-9-20-2)10-13-4-3-7-16-13/h5-6,13,16,19H,3-4,7-11H2,1-2H3. The Morgan fingerprint density at radius 1 is 1.50 bits per heavy atom. The molecule has 1 unspecified atom stereocenters. The van der Waals surface area contributed by atoms with Crippen LogP contribution in [0.15, 0.2) is 12.1 Å². The van der Waals surface area contributed by atoms with Crippen LogP contribution in [0.1, 0.15) is 24.2 Å². The summed E-state index contributed by atoms with van der Waals surface area (Å²) in [5, 5.41) is 13.4. The molecule has 1 aromatic rings. The second-order valence-electron chi connectivity index (χ2n) is 5.44. The van der Waals surface area contributed by atoms with Gasteiger partial charge < -0.3 is 15.2 Å². The van der Waals surface area contributed by atoms with E-state index < -0.39 is 0 Å². The van der Waals surface area contributed by atoms with E-state index >= 15 is 0 Å². The molecule has 1 aliphatic rings. The maximum atomic E-state index is 9.93. The van der Waals surface area contributed by atoms with Crippen LogP contribution in [0.4, 0.5) is 0 Å². The quantitative estimate of drug-likeness (QED) is 0.788. The van der Waals surface area contributed by atoms with E-state index in [4.69, 9.17) is 4.74 Å². The van der Waals surface area contributed by atoms with Crippen molar-refractivity contribution in [2.24, 2.45) is 0 Å². The second kappa shape index (κ2) is 7.57. The normalized spacial score (nSPS) is 18.9. The Morgan fingerprint density at radius 3 is 3.05 bits per heavy atom. The van der Waals surface area contributed by atoms with Crippen LogP contribution in [-0.4, -0.2) is 54.4 Å². The number of methoxy groups -OCH3 is 1. The first-order valence-corrected chi connectivity index (χ1v) is 7.29. The van der Waals surface area contributed by atoms with Crippen LogP contribution in [0.3, 0.4) is 0 Å². The number of pyridine rings is 1. The molecule has 0 radical (unpaired) electrons. The van der Waals surface area contributed by atoms with Crippen molar-refractivity contribution in [1.82, 2.24) is 15.2 Å². The van der Waals surface area contributed by atoms with Crippen LogP contribution in [0.25, 0.3) is 0 Å². The summed E-state index contributed by atoms with van der Waals surface area (Å²) in [7, 11) is 1.72. The number of hydrogen-bond acceptors (Lipinski definition) is 5. The zero-order chi connectivity index (χ0) is 14.4. The molecule has 2 heterocycles. The number of nitrogens with one attached hydrogen (secondary N) is 1. The predicted molar refractivity (Wildman–Crippen MR) is 78.8 cm³/mol. The average Bonchev–Trinajstić information content (AvgIpc) is 2.93. The van der Waals surface area contributed by atoms with Crippen molar-refractivity contribution in [1.29, 1.82) is 0 Å². The molecule has 2 N–H and O–H groups in total. The SMILES string of the molecule is COCCN(Cc1nc(C)ccc1O)CC1CCCN1. The molecule has 1 fully saturated rings. The number of aromatic hydroxyl groups is 1. The molecule has 5 nitrogen and oxygen atoms in total. The van der Waals surface area contributed by atoms with Gasteiger partial charge in [0.05, 0.1) is 12.3 Å². The highest BCUT2D eigenvalue weighted by atomic mass is 16.5. The summed E-state index contributed by atoms with van der Waals surface area (Å²) < 4.78 is 5.18. The van der Waals surface area contributed by atoms with Crippen LogP contribution in [0, 0.1) is 6.92 Å². The minimum atomic E-state index is 0.275. The summed E-state index contributed by atoms with van der Waals surface area (Å²) in [4.78, 5) is 6.74. The summed E-state index contributed by atoms with van der Waals surface area (Å²) in [6.07, 6.45) is 2.47. The molecule has 0 amide bonds. The fourth-order valence-electron chi connectivity index (χ4n) is 2.61. The molecule has 1 aromatic heterocycles. The van der Waals surface area contributed by atoms with Crippen molar-refractivity contribution in [3.8, 4) is 5.75 Å². The Labute approximate surface area is 121 Å². The van der Waals surface area contributed by atoms with E-state index in [0.717, 1.165) is 31.0 Å². The topological polar surface area (TPSA) is 57.6 Å². The highest BCUT2D eigenvalue weighted by Gasteiger charge is 2.19. The number of rotatable bonds is 7. The first-order chi connectivity index (χ1) is 9.69. The molecule has 2 rings (SSSR count). The molecule has 1 atom stereocenters. The van der Waals surface area contributed by atoms with Crippen molar-refractivity contribution in [3.63, 3.8) is 0 Å². The molecule has 0 saturated carbocycles. The van der Waals surface area contributed by atoms with Gasteiger partial charge in [0, 0.05) is 38.5 Å². The Kier molecular flexibility index (Phi) is 5.76. The van der Waals surface area contributed by atoms with Crippen molar-refractivity contribution in [2.45, 2.75) is 32.4 Å². The molecule has 1 saturated heterocycles. The lowest BCUT2D eigenvalue weighted by atomic mass is 10.2. The van der Waals surface area contributed by atoms with Gasteiger partial charge in [0.2, 0.25) is 0 Å². The molecular formula is C15H25N3O2. The fraction of sp³-hybridized carbons (Fsp3) is 0.667.